The summed E-state index contributed by atoms with van der Waals surface area (Å²) in [7, 11) is 0. The van der Waals surface area contributed by atoms with Gasteiger partial charge < -0.3 is 14.2 Å². The number of unbranched alkanes of at least 4 members (excludes halogenated alkanes) is 36. The highest BCUT2D eigenvalue weighted by molar-refractivity contribution is 5.71. The van der Waals surface area contributed by atoms with Crippen LogP contribution >= 0.6 is 0 Å². The second-order valence-electron chi connectivity index (χ2n) is 21.7. The molecule has 0 N–H and O–H groups in total. The predicted molar refractivity (Wildman–Crippen MR) is 325 cm³/mol. The first-order valence-corrected chi connectivity index (χ1v) is 32.4. The summed E-state index contributed by atoms with van der Waals surface area (Å²) < 4.78 is 16.9. The summed E-state index contributed by atoms with van der Waals surface area (Å²) in [5, 5.41) is 0. The lowest BCUT2D eigenvalue weighted by Crippen LogP contribution is -2.30. The van der Waals surface area contributed by atoms with Crippen LogP contribution in [0.15, 0.2) is 72.9 Å². The van der Waals surface area contributed by atoms with Crippen molar-refractivity contribution in [2.75, 3.05) is 13.2 Å². The normalized spacial score (nSPS) is 12.5. The highest BCUT2D eigenvalue weighted by Crippen LogP contribution is 2.17. The van der Waals surface area contributed by atoms with Crippen LogP contribution in [0.5, 0.6) is 0 Å². The molecule has 0 saturated heterocycles. The quantitative estimate of drug-likeness (QED) is 0.0261. The topological polar surface area (TPSA) is 78.9 Å². The largest absolute Gasteiger partial charge is 0.462 e. The van der Waals surface area contributed by atoms with Crippen LogP contribution < -0.4 is 0 Å². The molecule has 0 spiro atoms. The molecule has 0 bridgehead atoms. The molecule has 0 rings (SSSR count). The fraction of sp³-hybridized carbons (Fsp3) is 0.783. The second kappa shape index (κ2) is 63.4. The van der Waals surface area contributed by atoms with Gasteiger partial charge in [-0.3, -0.25) is 14.4 Å². The van der Waals surface area contributed by atoms with Gasteiger partial charge in [-0.2, -0.15) is 0 Å². The van der Waals surface area contributed by atoms with Crippen molar-refractivity contribution < 1.29 is 28.6 Å². The molecule has 0 amide bonds. The van der Waals surface area contributed by atoms with Gasteiger partial charge in [0.15, 0.2) is 6.10 Å². The van der Waals surface area contributed by atoms with Crippen molar-refractivity contribution in [1.29, 1.82) is 0 Å². The van der Waals surface area contributed by atoms with E-state index in [9.17, 15) is 14.4 Å². The van der Waals surface area contributed by atoms with E-state index in [0.717, 1.165) is 89.9 Å². The van der Waals surface area contributed by atoms with Gasteiger partial charge >= 0.3 is 17.9 Å². The van der Waals surface area contributed by atoms with E-state index in [1.54, 1.807) is 0 Å². The Kier molecular flexibility index (Phi) is 60.7. The van der Waals surface area contributed by atoms with Crippen LogP contribution in [0.4, 0.5) is 0 Å². The second-order valence-corrected chi connectivity index (χ2v) is 21.7. The lowest BCUT2D eigenvalue weighted by atomic mass is 10.0. The summed E-state index contributed by atoms with van der Waals surface area (Å²) in [6.07, 6.45) is 81.8. The Labute approximate surface area is 465 Å². The average Bonchev–Trinajstić information content (AvgIpc) is 3.41. The van der Waals surface area contributed by atoms with Gasteiger partial charge in [-0.15, -0.1) is 0 Å². The standard InChI is InChI=1S/C69H122O6/c1-4-7-10-13-16-19-22-25-28-31-34-37-40-43-46-49-52-55-58-61-67(70)73-64-66(75-69(72)63-60-57-54-51-48-45-42-39-36-33-30-27-24-21-18-15-12-9-6-3)65-74-68(71)62-59-56-53-50-47-44-41-38-35-32-29-26-23-20-17-14-11-8-5-2/h16,18-19,21,25,27-28,30,34,37,43,46,66H,4-15,17,20,22-24,26,29,31-33,35-36,38-42,44-45,47-65H2,1-3H3/b19-16-,21-18-,28-25-,30-27-,37-34-,46-43-/t66-/m1/s1. The van der Waals surface area contributed by atoms with Gasteiger partial charge in [-0.1, -0.05) is 286 Å². The Bertz CT molecular complexity index is 1390. The molecule has 434 valence electrons. The molecule has 0 unspecified atom stereocenters. The van der Waals surface area contributed by atoms with E-state index in [2.05, 4.69) is 93.7 Å². The van der Waals surface area contributed by atoms with Gasteiger partial charge in [0, 0.05) is 19.3 Å². The van der Waals surface area contributed by atoms with Crippen LogP contribution in [0.1, 0.15) is 329 Å². The molecule has 6 nitrogen and oxygen atoms in total. The summed E-state index contributed by atoms with van der Waals surface area (Å²) >= 11 is 0. The Hall–Kier alpha value is -3.15. The highest BCUT2D eigenvalue weighted by Gasteiger charge is 2.19. The lowest BCUT2D eigenvalue weighted by molar-refractivity contribution is -0.167. The van der Waals surface area contributed by atoms with E-state index in [1.165, 1.54) is 199 Å². The van der Waals surface area contributed by atoms with Gasteiger partial charge in [-0.05, 0) is 96.3 Å². The van der Waals surface area contributed by atoms with E-state index in [-0.39, 0.29) is 31.1 Å². The summed E-state index contributed by atoms with van der Waals surface area (Å²) in [6, 6.07) is 0. The minimum atomic E-state index is -0.791. The molecule has 0 aliphatic heterocycles. The summed E-state index contributed by atoms with van der Waals surface area (Å²) in [5.74, 6) is -0.904. The van der Waals surface area contributed by atoms with Crippen molar-refractivity contribution in [1.82, 2.24) is 0 Å². The fourth-order valence-corrected chi connectivity index (χ4v) is 9.28. The number of carbonyl (C=O) groups is 3. The Morgan fingerprint density at radius 1 is 0.267 bits per heavy atom. The first kappa shape index (κ1) is 71.8. The SMILES string of the molecule is CCCCC/C=C\C/C=C\C/C=C\C/C=C\CCCCCC(=O)OC[C@H](COC(=O)CCCCCCCCCCCCCCCCCCCCC)OC(=O)CCCCCCCCCCC/C=C\C/C=C\CCCCC. The van der Waals surface area contributed by atoms with Gasteiger partial charge in [0.2, 0.25) is 0 Å². The maximum atomic E-state index is 12.9. The van der Waals surface area contributed by atoms with Crippen LogP contribution in [0.2, 0.25) is 0 Å². The smallest absolute Gasteiger partial charge is 0.306 e. The molecule has 0 fully saturated rings. The van der Waals surface area contributed by atoms with Crippen LogP contribution in [-0.2, 0) is 28.6 Å². The van der Waals surface area contributed by atoms with E-state index in [1.807, 2.05) is 0 Å². The van der Waals surface area contributed by atoms with Crippen LogP contribution in [0.3, 0.4) is 0 Å². The minimum Gasteiger partial charge on any atom is -0.462 e. The van der Waals surface area contributed by atoms with Gasteiger partial charge in [0.1, 0.15) is 13.2 Å². The Balaban J connectivity index is 4.42. The molecule has 0 aliphatic rings. The number of esters is 3. The van der Waals surface area contributed by atoms with Gasteiger partial charge in [-0.25, -0.2) is 0 Å². The highest BCUT2D eigenvalue weighted by atomic mass is 16.6. The molecule has 0 radical (unpaired) electrons. The van der Waals surface area contributed by atoms with Crippen molar-refractivity contribution in [3.63, 3.8) is 0 Å². The van der Waals surface area contributed by atoms with E-state index in [0.29, 0.717) is 19.3 Å². The van der Waals surface area contributed by atoms with E-state index < -0.39 is 6.10 Å². The molecule has 0 aromatic carbocycles. The Morgan fingerprint density at radius 3 is 0.787 bits per heavy atom. The van der Waals surface area contributed by atoms with Crippen LogP contribution in [-0.4, -0.2) is 37.2 Å². The summed E-state index contributed by atoms with van der Waals surface area (Å²) in [5.41, 5.74) is 0. The number of hydrogen-bond donors (Lipinski definition) is 0. The molecule has 75 heavy (non-hydrogen) atoms. The van der Waals surface area contributed by atoms with Gasteiger partial charge in [0.05, 0.1) is 0 Å². The van der Waals surface area contributed by atoms with Gasteiger partial charge in [0.25, 0.3) is 0 Å². The molecule has 6 heteroatoms. The third-order valence-electron chi connectivity index (χ3n) is 14.2. The van der Waals surface area contributed by atoms with E-state index >= 15 is 0 Å². The third-order valence-corrected chi connectivity index (χ3v) is 14.2. The number of ether oxygens (including phenoxy) is 3. The summed E-state index contributed by atoms with van der Waals surface area (Å²) in [4.78, 5) is 38.4. The van der Waals surface area contributed by atoms with Crippen molar-refractivity contribution in [3.8, 4) is 0 Å². The Morgan fingerprint density at radius 2 is 0.480 bits per heavy atom. The van der Waals surface area contributed by atoms with Crippen molar-refractivity contribution in [2.24, 2.45) is 0 Å². The number of hydrogen-bond acceptors (Lipinski definition) is 6. The first-order valence-electron chi connectivity index (χ1n) is 32.4. The maximum absolute atomic E-state index is 12.9. The zero-order valence-electron chi connectivity index (χ0n) is 49.8. The van der Waals surface area contributed by atoms with Crippen molar-refractivity contribution >= 4 is 17.9 Å². The lowest BCUT2D eigenvalue weighted by Gasteiger charge is -2.18. The summed E-state index contributed by atoms with van der Waals surface area (Å²) in [6.45, 7) is 6.60. The maximum Gasteiger partial charge on any atom is 0.306 e. The predicted octanol–water partition coefficient (Wildman–Crippen LogP) is 22.1. The van der Waals surface area contributed by atoms with Crippen molar-refractivity contribution in [3.05, 3.63) is 72.9 Å². The van der Waals surface area contributed by atoms with E-state index in [4.69, 9.17) is 14.2 Å². The minimum absolute atomic E-state index is 0.0844. The molecule has 0 aromatic heterocycles. The molecule has 0 heterocycles. The zero-order chi connectivity index (χ0) is 54.3. The molecule has 1 atom stereocenters. The fourth-order valence-electron chi connectivity index (χ4n) is 9.28. The number of allylic oxidation sites excluding steroid dienone is 12. The molecule has 0 aliphatic carbocycles. The number of carbonyl (C=O) groups excluding carboxylic acids is 3. The first-order chi connectivity index (χ1) is 37.0. The van der Waals surface area contributed by atoms with Crippen LogP contribution in [0.25, 0.3) is 0 Å². The molecular formula is C69H122O6. The average molecular weight is 1050 g/mol. The number of rotatable bonds is 59. The molecule has 0 aromatic rings. The zero-order valence-corrected chi connectivity index (χ0v) is 49.8. The molecular weight excluding hydrogens is 925 g/mol. The van der Waals surface area contributed by atoms with Crippen LogP contribution in [0, 0.1) is 0 Å². The molecule has 0 saturated carbocycles. The monoisotopic (exact) mass is 1050 g/mol. The van der Waals surface area contributed by atoms with Crippen molar-refractivity contribution in [2.45, 2.75) is 335 Å². The third kappa shape index (κ3) is 61.6.